The summed E-state index contributed by atoms with van der Waals surface area (Å²) in [7, 11) is 0. The fraction of sp³-hybridized carbons (Fsp3) is 0.333. The number of furan rings is 1. The highest BCUT2D eigenvalue weighted by Gasteiger charge is 2.09. The predicted octanol–water partition coefficient (Wildman–Crippen LogP) is -3.07. The van der Waals surface area contributed by atoms with Crippen LogP contribution in [-0.2, 0) is 6.54 Å². The quantitative estimate of drug-likeness (QED) is 0.412. The van der Waals surface area contributed by atoms with Crippen LogP contribution in [0.2, 0.25) is 10.0 Å². The summed E-state index contributed by atoms with van der Waals surface area (Å²) in [5.74, 6) is 1.57. The Balaban J connectivity index is 0.00000242. The van der Waals surface area contributed by atoms with Crippen molar-refractivity contribution in [1.29, 1.82) is 0 Å². The van der Waals surface area contributed by atoms with E-state index >= 15 is 0 Å². The molecule has 0 unspecified atom stereocenters. The molecule has 0 bridgehead atoms. The average molecular weight is 400 g/mol. The Morgan fingerprint density at radius 3 is 2.39 bits per heavy atom. The summed E-state index contributed by atoms with van der Waals surface area (Å²) in [5.41, 5.74) is 0.830. The first kappa shape index (κ1) is 22.5. The Kier molecular flexibility index (Phi) is 11.7. The van der Waals surface area contributed by atoms with E-state index in [2.05, 4.69) is 10.6 Å². The molecule has 0 aliphatic heterocycles. The molecule has 8 heteroatoms. The molecule has 2 aromatic rings. The molecule has 0 saturated heterocycles. The highest BCUT2D eigenvalue weighted by Crippen LogP contribution is 2.31. The second kappa shape index (κ2) is 12.0. The number of nitrogens with one attached hydrogen (secondary N) is 2. The number of hydrogen-bond acceptors (Lipinski definition) is 4. The maximum Gasteiger partial charge on any atom is 0.135 e. The van der Waals surface area contributed by atoms with Crippen LogP contribution in [0.15, 0.2) is 34.7 Å². The van der Waals surface area contributed by atoms with Crippen molar-refractivity contribution >= 4 is 23.2 Å². The van der Waals surface area contributed by atoms with E-state index in [0.717, 1.165) is 30.2 Å². The molecule has 0 fully saturated rings. The first-order valence-corrected chi connectivity index (χ1v) is 7.52. The topological polar surface area (TPSA) is 57.4 Å². The summed E-state index contributed by atoms with van der Waals surface area (Å²) in [6.07, 6.45) is 0. The summed E-state index contributed by atoms with van der Waals surface area (Å²) in [4.78, 5) is 0. The molecular formula is C15H18Cl4N2O2-2. The molecule has 2 rings (SSSR count). The van der Waals surface area contributed by atoms with Crippen molar-refractivity contribution in [1.82, 2.24) is 10.6 Å². The van der Waals surface area contributed by atoms with E-state index in [1.807, 2.05) is 18.2 Å². The van der Waals surface area contributed by atoms with Gasteiger partial charge in [-0.3, -0.25) is 0 Å². The lowest BCUT2D eigenvalue weighted by molar-refractivity contribution is -0.001000. The third kappa shape index (κ3) is 7.31. The van der Waals surface area contributed by atoms with Gasteiger partial charge >= 0.3 is 0 Å². The SMILES string of the molecule is OCCNCCNCc1ccc(-c2ccc(Cl)cc2Cl)o1.[Cl-].[Cl-]. The Morgan fingerprint density at radius 2 is 1.70 bits per heavy atom. The number of halogens is 4. The zero-order valence-corrected chi connectivity index (χ0v) is 15.3. The molecule has 0 spiro atoms. The van der Waals surface area contributed by atoms with Gasteiger partial charge in [-0.25, -0.2) is 0 Å². The molecular weight excluding hydrogens is 382 g/mol. The van der Waals surface area contributed by atoms with Gasteiger partial charge in [-0.15, -0.1) is 0 Å². The maximum atomic E-state index is 8.63. The van der Waals surface area contributed by atoms with Gasteiger partial charge in [0, 0.05) is 30.2 Å². The molecule has 0 atom stereocenters. The summed E-state index contributed by atoms with van der Waals surface area (Å²) >= 11 is 12.0. The first-order valence-electron chi connectivity index (χ1n) is 6.77. The maximum absolute atomic E-state index is 8.63. The second-order valence-electron chi connectivity index (χ2n) is 4.54. The molecule has 1 heterocycles. The summed E-state index contributed by atoms with van der Waals surface area (Å²) in [6, 6.07) is 9.16. The van der Waals surface area contributed by atoms with Gasteiger partial charge in [0.15, 0.2) is 0 Å². The molecule has 0 saturated carbocycles. The molecule has 0 aliphatic rings. The average Bonchev–Trinajstić information content (AvgIpc) is 2.91. The molecule has 0 aliphatic carbocycles. The van der Waals surface area contributed by atoms with Crippen LogP contribution in [-0.4, -0.2) is 31.3 Å². The van der Waals surface area contributed by atoms with Gasteiger partial charge in [-0.2, -0.15) is 0 Å². The lowest BCUT2D eigenvalue weighted by Crippen LogP contribution is -3.00. The lowest BCUT2D eigenvalue weighted by Gasteiger charge is -2.04. The van der Waals surface area contributed by atoms with Gasteiger partial charge in [0.05, 0.1) is 18.2 Å². The van der Waals surface area contributed by atoms with Gasteiger partial charge in [0.25, 0.3) is 0 Å². The summed E-state index contributed by atoms with van der Waals surface area (Å²) < 4.78 is 5.77. The molecule has 130 valence electrons. The number of aliphatic hydroxyl groups is 1. The van der Waals surface area contributed by atoms with Crippen LogP contribution in [0, 0.1) is 0 Å². The first-order chi connectivity index (χ1) is 10.2. The molecule has 3 N–H and O–H groups in total. The monoisotopic (exact) mass is 398 g/mol. The van der Waals surface area contributed by atoms with Crippen LogP contribution < -0.4 is 35.4 Å². The highest BCUT2D eigenvalue weighted by molar-refractivity contribution is 6.36. The van der Waals surface area contributed by atoms with Gasteiger partial charge < -0.3 is 45.0 Å². The minimum Gasteiger partial charge on any atom is -1.00 e. The smallest absolute Gasteiger partial charge is 0.135 e. The van der Waals surface area contributed by atoms with E-state index in [9.17, 15) is 0 Å². The minimum atomic E-state index is 0. The van der Waals surface area contributed by atoms with Gasteiger partial charge in [0.2, 0.25) is 0 Å². The fourth-order valence-electron chi connectivity index (χ4n) is 1.90. The number of rotatable bonds is 8. The standard InChI is InChI=1S/C15H18Cl2N2O2.2ClH/c16-11-1-3-13(14(17)9-11)15-4-2-12(21-15)10-19-6-5-18-7-8-20;;/h1-4,9,18-20H,5-8,10H2;2*1H/p-2. The van der Waals surface area contributed by atoms with Crippen molar-refractivity contribution in [3.8, 4) is 11.3 Å². The van der Waals surface area contributed by atoms with E-state index in [4.69, 9.17) is 32.7 Å². The molecule has 1 aromatic heterocycles. The zero-order chi connectivity index (χ0) is 15.1. The van der Waals surface area contributed by atoms with Crippen molar-refractivity contribution in [3.63, 3.8) is 0 Å². The Labute approximate surface area is 158 Å². The number of benzene rings is 1. The Hall–Kier alpha value is -0.460. The van der Waals surface area contributed by atoms with E-state index in [1.54, 1.807) is 12.1 Å². The minimum absolute atomic E-state index is 0. The Morgan fingerprint density at radius 1 is 0.957 bits per heavy atom. The molecule has 1 aromatic carbocycles. The van der Waals surface area contributed by atoms with Crippen molar-refractivity contribution in [3.05, 3.63) is 46.1 Å². The summed E-state index contributed by atoms with van der Waals surface area (Å²) in [6.45, 7) is 3.02. The lowest BCUT2D eigenvalue weighted by atomic mass is 10.2. The van der Waals surface area contributed by atoms with Gasteiger partial charge in [0.1, 0.15) is 11.5 Å². The fourth-order valence-corrected chi connectivity index (χ4v) is 2.40. The van der Waals surface area contributed by atoms with Crippen molar-refractivity contribution < 1.29 is 34.3 Å². The molecule has 0 amide bonds. The second-order valence-corrected chi connectivity index (χ2v) is 5.38. The zero-order valence-electron chi connectivity index (χ0n) is 12.3. The van der Waals surface area contributed by atoms with E-state index in [1.165, 1.54) is 0 Å². The highest BCUT2D eigenvalue weighted by atomic mass is 35.5. The largest absolute Gasteiger partial charge is 1.00 e. The van der Waals surface area contributed by atoms with E-state index in [-0.39, 0.29) is 31.4 Å². The molecule has 4 nitrogen and oxygen atoms in total. The molecule has 0 radical (unpaired) electrons. The van der Waals surface area contributed by atoms with Crippen LogP contribution in [0.5, 0.6) is 0 Å². The summed E-state index contributed by atoms with van der Waals surface area (Å²) in [5, 5.41) is 16.2. The number of aliphatic hydroxyl groups excluding tert-OH is 1. The molecule has 23 heavy (non-hydrogen) atoms. The third-order valence-corrected chi connectivity index (χ3v) is 3.47. The van der Waals surface area contributed by atoms with E-state index in [0.29, 0.717) is 23.1 Å². The normalized spacial score (nSPS) is 10.0. The predicted molar refractivity (Wildman–Crippen MR) is 85.8 cm³/mol. The van der Waals surface area contributed by atoms with Crippen LogP contribution in [0.1, 0.15) is 5.76 Å². The van der Waals surface area contributed by atoms with E-state index < -0.39 is 0 Å². The van der Waals surface area contributed by atoms with Crippen molar-refractivity contribution in [2.24, 2.45) is 0 Å². The van der Waals surface area contributed by atoms with Gasteiger partial charge in [-0.05, 0) is 30.3 Å². The van der Waals surface area contributed by atoms with Crippen LogP contribution in [0.25, 0.3) is 11.3 Å². The van der Waals surface area contributed by atoms with Gasteiger partial charge in [-0.1, -0.05) is 23.2 Å². The number of hydrogen-bond donors (Lipinski definition) is 3. The third-order valence-electron chi connectivity index (χ3n) is 2.92. The van der Waals surface area contributed by atoms with Crippen molar-refractivity contribution in [2.45, 2.75) is 6.54 Å². The van der Waals surface area contributed by atoms with Crippen LogP contribution in [0.4, 0.5) is 0 Å². The van der Waals surface area contributed by atoms with Crippen LogP contribution in [0.3, 0.4) is 0 Å². The van der Waals surface area contributed by atoms with Crippen LogP contribution >= 0.6 is 23.2 Å². The Bertz CT molecular complexity index is 578. The van der Waals surface area contributed by atoms with Crippen molar-refractivity contribution in [2.75, 3.05) is 26.2 Å².